The summed E-state index contributed by atoms with van der Waals surface area (Å²) in [6, 6.07) is 52.6. The van der Waals surface area contributed by atoms with Gasteiger partial charge in [0, 0.05) is 53.0 Å². The van der Waals surface area contributed by atoms with E-state index in [0.717, 1.165) is 44.2 Å². The molecule has 3 heterocycles. The predicted octanol–water partition coefficient (Wildman–Crippen LogP) is 12.0. The fraction of sp³-hybridized carbons (Fsp3) is 0. The molecule has 0 radical (unpaired) electrons. The summed E-state index contributed by atoms with van der Waals surface area (Å²) >= 11 is 1.86. The van der Waals surface area contributed by atoms with Crippen LogP contribution in [-0.2, 0) is 0 Å². The molecule has 0 bridgehead atoms. The number of benzene rings is 7. The quantitative estimate of drug-likeness (QED) is 0.194. The standard InChI is InChI=1S/C43H25N3OS/c1-3-12-26(13-4-1)41-44-42(27-14-5-2-6-15-27)46-43(45-41)33-19-11-20-36-39(33)32-23-22-28(24-37(32)47-36)34-25-35-30-17-9-10-21-38(30)48-40(35)31-18-8-7-16-29(31)34/h1-25H. The van der Waals surface area contributed by atoms with Crippen LogP contribution in [0.5, 0.6) is 0 Å². The molecule has 0 N–H and O–H groups in total. The number of furan rings is 1. The lowest BCUT2D eigenvalue weighted by atomic mass is 9.94. The lowest BCUT2D eigenvalue weighted by Gasteiger charge is -2.10. The molecule has 5 heteroatoms. The Balaban J connectivity index is 1.18. The summed E-state index contributed by atoms with van der Waals surface area (Å²) in [4.78, 5) is 14.9. The van der Waals surface area contributed by atoms with Gasteiger partial charge in [0.05, 0.1) is 0 Å². The highest BCUT2D eigenvalue weighted by Gasteiger charge is 2.19. The van der Waals surface area contributed by atoms with Crippen molar-refractivity contribution in [1.82, 2.24) is 15.0 Å². The minimum absolute atomic E-state index is 0.612. The molecule has 0 saturated carbocycles. The van der Waals surface area contributed by atoms with E-state index in [4.69, 9.17) is 19.4 Å². The van der Waals surface area contributed by atoms with Crippen LogP contribution < -0.4 is 0 Å². The van der Waals surface area contributed by atoms with E-state index in [1.807, 2.05) is 84.1 Å². The van der Waals surface area contributed by atoms with E-state index in [1.165, 1.54) is 36.5 Å². The average Bonchev–Trinajstić information content (AvgIpc) is 3.73. The van der Waals surface area contributed by atoms with E-state index in [2.05, 4.69) is 78.9 Å². The largest absolute Gasteiger partial charge is 0.456 e. The van der Waals surface area contributed by atoms with Crippen LogP contribution in [0.15, 0.2) is 156 Å². The van der Waals surface area contributed by atoms with Gasteiger partial charge in [-0.2, -0.15) is 0 Å². The van der Waals surface area contributed by atoms with E-state index >= 15 is 0 Å². The highest BCUT2D eigenvalue weighted by atomic mass is 32.1. The zero-order valence-corrected chi connectivity index (χ0v) is 26.4. The maximum absolute atomic E-state index is 6.59. The van der Waals surface area contributed by atoms with Gasteiger partial charge in [-0.1, -0.05) is 121 Å². The summed E-state index contributed by atoms with van der Waals surface area (Å²) < 4.78 is 9.22. The van der Waals surface area contributed by atoms with Gasteiger partial charge < -0.3 is 4.42 Å². The van der Waals surface area contributed by atoms with E-state index in [9.17, 15) is 0 Å². The number of aromatic nitrogens is 3. The van der Waals surface area contributed by atoms with Gasteiger partial charge in [0.15, 0.2) is 17.5 Å². The van der Waals surface area contributed by atoms with Crippen LogP contribution >= 0.6 is 11.3 Å². The number of nitrogens with zero attached hydrogens (tertiary/aromatic N) is 3. The van der Waals surface area contributed by atoms with Crippen LogP contribution in [-0.4, -0.2) is 15.0 Å². The minimum atomic E-state index is 0.612. The van der Waals surface area contributed by atoms with E-state index in [-0.39, 0.29) is 0 Å². The van der Waals surface area contributed by atoms with Crippen molar-refractivity contribution in [1.29, 1.82) is 0 Å². The summed E-state index contributed by atoms with van der Waals surface area (Å²) in [6.45, 7) is 0. The van der Waals surface area contributed by atoms with Crippen molar-refractivity contribution in [2.75, 3.05) is 0 Å². The maximum Gasteiger partial charge on any atom is 0.164 e. The zero-order valence-electron chi connectivity index (χ0n) is 25.6. The molecule has 0 aliphatic carbocycles. The average molecular weight is 632 g/mol. The second-order valence-electron chi connectivity index (χ2n) is 12.0. The van der Waals surface area contributed by atoms with Crippen molar-refractivity contribution < 1.29 is 4.42 Å². The summed E-state index contributed by atoms with van der Waals surface area (Å²) in [5.41, 5.74) is 6.73. The van der Waals surface area contributed by atoms with Gasteiger partial charge in [-0.05, 0) is 46.8 Å². The fourth-order valence-electron chi connectivity index (χ4n) is 6.89. The summed E-state index contributed by atoms with van der Waals surface area (Å²) in [7, 11) is 0. The Labute approximate surface area is 279 Å². The minimum Gasteiger partial charge on any atom is -0.456 e. The zero-order chi connectivity index (χ0) is 31.6. The molecule has 4 nitrogen and oxygen atoms in total. The van der Waals surface area contributed by atoms with Gasteiger partial charge >= 0.3 is 0 Å². The van der Waals surface area contributed by atoms with Crippen molar-refractivity contribution in [3.63, 3.8) is 0 Å². The monoisotopic (exact) mass is 631 g/mol. The summed E-state index contributed by atoms with van der Waals surface area (Å²) in [6.07, 6.45) is 0. The van der Waals surface area contributed by atoms with Crippen LogP contribution in [0.3, 0.4) is 0 Å². The van der Waals surface area contributed by atoms with Gasteiger partial charge in [-0.3, -0.25) is 0 Å². The normalized spacial score (nSPS) is 11.8. The van der Waals surface area contributed by atoms with E-state index in [1.54, 1.807) is 0 Å². The third-order valence-corrected chi connectivity index (χ3v) is 10.4. The summed E-state index contributed by atoms with van der Waals surface area (Å²) in [5, 5.41) is 7.11. The lowest BCUT2D eigenvalue weighted by molar-refractivity contribution is 0.669. The molecule has 48 heavy (non-hydrogen) atoms. The molecular formula is C43H25N3OS. The highest BCUT2D eigenvalue weighted by molar-refractivity contribution is 7.26. The third-order valence-electron chi connectivity index (χ3n) is 9.13. The first-order chi connectivity index (χ1) is 23.8. The number of thiophene rings is 1. The van der Waals surface area contributed by atoms with Gasteiger partial charge in [0.1, 0.15) is 11.2 Å². The molecule has 224 valence electrons. The molecule has 0 amide bonds. The maximum atomic E-state index is 6.59. The van der Waals surface area contributed by atoms with Crippen molar-refractivity contribution in [2.45, 2.75) is 0 Å². The van der Waals surface area contributed by atoms with Crippen LogP contribution in [0, 0.1) is 0 Å². The molecule has 3 aromatic heterocycles. The molecular weight excluding hydrogens is 607 g/mol. The molecule has 0 fully saturated rings. The highest BCUT2D eigenvalue weighted by Crippen LogP contribution is 2.44. The smallest absolute Gasteiger partial charge is 0.164 e. The van der Waals surface area contributed by atoms with Gasteiger partial charge in [0.25, 0.3) is 0 Å². The van der Waals surface area contributed by atoms with Crippen LogP contribution in [0.2, 0.25) is 0 Å². The molecule has 0 atom stereocenters. The Hall–Kier alpha value is -6.17. The molecule has 7 aromatic carbocycles. The lowest BCUT2D eigenvalue weighted by Crippen LogP contribution is -2.00. The second-order valence-corrected chi connectivity index (χ2v) is 13.0. The summed E-state index contributed by atoms with van der Waals surface area (Å²) in [5.74, 6) is 1.88. The Kier molecular flexibility index (Phi) is 6.01. The van der Waals surface area contributed by atoms with Gasteiger partial charge in [0.2, 0.25) is 0 Å². The number of hydrogen-bond acceptors (Lipinski definition) is 5. The first-order valence-electron chi connectivity index (χ1n) is 15.9. The molecule has 0 aliphatic heterocycles. The van der Waals surface area contributed by atoms with Gasteiger partial charge in [-0.15, -0.1) is 11.3 Å². The van der Waals surface area contributed by atoms with Crippen LogP contribution in [0.4, 0.5) is 0 Å². The number of fused-ring (bicyclic) bond motifs is 8. The van der Waals surface area contributed by atoms with Crippen molar-refractivity contribution in [3.05, 3.63) is 152 Å². The van der Waals surface area contributed by atoms with Crippen LogP contribution in [0.1, 0.15) is 0 Å². The van der Waals surface area contributed by atoms with Gasteiger partial charge in [-0.25, -0.2) is 15.0 Å². The topological polar surface area (TPSA) is 51.8 Å². The molecule has 10 rings (SSSR count). The Morgan fingerprint density at radius 2 is 1.04 bits per heavy atom. The first kappa shape index (κ1) is 27.0. The van der Waals surface area contributed by atoms with E-state index < -0.39 is 0 Å². The molecule has 10 aromatic rings. The van der Waals surface area contributed by atoms with Crippen molar-refractivity contribution >= 4 is 64.2 Å². The van der Waals surface area contributed by atoms with Crippen molar-refractivity contribution in [3.8, 4) is 45.3 Å². The fourth-order valence-corrected chi connectivity index (χ4v) is 8.12. The number of rotatable bonds is 4. The Bertz CT molecular complexity index is 2780. The third kappa shape index (κ3) is 4.25. The molecule has 0 aliphatic rings. The second kappa shape index (κ2) is 10.7. The SMILES string of the molecule is c1ccc(-c2nc(-c3ccccc3)nc(-c3cccc4oc5cc(-c6cc7c8ccccc8sc7c7ccccc67)ccc5c34)n2)cc1. The Morgan fingerprint density at radius 3 is 1.79 bits per heavy atom. The molecule has 0 spiro atoms. The predicted molar refractivity (Wildman–Crippen MR) is 199 cm³/mol. The Morgan fingerprint density at radius 1 is 0.396 bits per heavy atom. The molecule has 0 unspecified atom stereocenters. The first-order valence-corrected chi connectivity index (χ1v) is 16.8. The van der Waals surface area contributed by atoms with Crippen LogP contribution in [0.25, 0.3) is 98.2 Å². The molecule has 0 saturated heterocycles. The van der Waals surface area contributed by atoms with E-state index in [0.29, 0.717) is 17.5 Å². The van der Waals surface area contributed by atoms with Crippen molar-refractivity contribution in [2.24, 2.45) is 0 Å². The number of hydrogen-bond donors (Lipinski definition) is 0.